The van der Waals surface area contributed by atoms with Crippen molar-refractivity contribution in [1.29, 1.82) is 0 Å². The van der Waals surface area contributed by atoms with Crippen LogP contribution in [-0.4, -0.2) is 50.1 Å². The molecule has 1 aliphatic heterocycles. The van der Waals surface area contributed by atoms with Gasteiger partial charge in [0.05, 0.1) is 18.1 Å². The van der Waals surface area contributed by atoms with Crippen molar-refractivity contribution in [1.82, 2.24) is 30.0 Å². The first-order valence-corrected chi connectivity index (χ1v) is 7.86. The number of likely N-dealkylation sites (tertiary alicyclic amines) is 1. The normalized spacial score (nSPS) is 20.2. The second kappa shape index (κ2) is 6.38. The molecule has 2 aromatic heterocycles. The van der Waals surface area contributed by atoms with Gasteiger partial charge in [-0.25, -0.2) is 0 Å². The molecule has 0 radical (unpaired) electrons. The van der Waals surface area contributed by atoms with Crippen molar-refractivity contribution in [2.45, 2.75) is 31.8 Å². The van der Waals surface area contributed by atoms with Crippen LogP contribution in [-0.2, 0) is 21.7 Å². The van der Waals surface area contributed by atoms with Gasteiger partial charge in [-0.3, -0.25) is 24.2 Å². The number of hydrogen-bond donors (Lipinski definition) is 1. The first-order valence-electron chi connectivity index (χ1n) is 7.86. The average molecular weight is 328 g/mol. The summed E-state index contributed by atoms with van der Waals surface area (Å²) >= 11 is 0. The molecule has 1 atom stereocenters. The van der Waals surface area contributed by atoms with Crippen LogP contribution in [0.25, 0.3) is 0 Å². The van der Waals surface area contributed by atoms with Gasteiger partial charge in [-0.1, -0.05) is 0 Å². The number of aromatic nitrogens is 4. The quantitative estimate of drug-likeness (QED) is 0.868. The van der Waals surface area contributed by atoms with E-state index in [0.29, 0.717) is 18.7 Å². The topological polar surface area (TPSA) is 93.0 Å². The minimum atomic E-state index is -1.11. The molecule has 24 heavy (non-hydrogen) atoms. The number of carbonyl (C=O) groups is 2. The van der Waals surface area contributed by atoms with E-state index in [1.54, 1.807) is 41.4 Å². The molecule has 0 aliphatic carbocycles. The highest BCUT2D eigenvalue weighted by Gasteiger charge is 2.51. The molecule has 126 valence electrons. The van der Waals surface area contributed by atoms with E-state index in [0.717, 1.165) is 12.0 Å². The van der Waals surface area contributed by atoms with Crippen LogP contribution in [0.1, 0.15) is 24.1 Å². The van der Waals surface area contributed by atoms with E-state index in [4.69, 9.17) is 0 Å². The van der Waals surface area contributed by atoms with Gasteiger partial charge in [-0.2, -0.15) is 5.10 Å². The highest BCUT2D eigenvalue weighted by atomic mass is 16.2. The average Bonchev–Trinajstić information content (AvgIpc) is 3.22. The molecule has 3 heterocycles. The largest absolute Gasteiger partial charge is 0.357 e. The summed E-state index contributed by atoms with van der Waals surface area (Å²) in [5.74, 6) is -0.407. The number of likely N-dealkylation sites (N-methyl/N-ethyl adjacent to an activating group) is 1. The van der Waals surface area contributed by atoms with Gasteiger partial charge in [0.25, 0.3) is 5.91 Å². The lowest BCUT2D eigenvalue weighted by atomic mass is 9.90. The van der Waals surface area contributed by atoms with E-state index in [2.05, 4.69) is 20.4 Å². The molecule has 8 heteroatoms. The third-order valence-corrected chi connectivity index (χ3v) is 4.33. The van der Waals surface area contributed by atoms with Crippen LogP contribution in [0, 0.1) is 6.92 Å². The standard InChI is InChI=1S/C16H20N6O2/c1-12-8-20-21(10-12)11-14(23)22-7-3-4-16(22,15(24)17-2)13-9-18-5-6-19-13/h5-6,8-10H,3-4,7,11H2,1-2H3,(H,17,24)/t16-/m0/s1. The van der Waals surface area contributed by atoms with Gasteiger partial charge in [0.15, 0.2) is 5.54 Å². The van der Waals surface area contributed by atoms with Gasteiger partial charge in [-0.05, 0) is 25.3 Å². The summed E-state index contributed by atoms with van der Waals surface area (Å²) in [5.41, 5.74) is 0.366. The van der Waals surface area contributed by atoms with Gasteiger partial charge < -0.3 is 10.2 Å². The van der Waals surface area contributed by atoms with Gasteiger partial charge in [0.1, 0.15) is 6.54 Å². The van der Waals surface area contributed by atoms with E-state index in [1.165, 1.54) is 6.20 Å². The van der Waals surface area contributed by atoms with Crippen molar-refractivity contribution in [2.24, 2.45) is 0 Å². The minimum absolute atomic E-state index is 0.0901. The summed E-state index contributed by atoms with van der Waals surface area (Å²) in [6.07, 6.45) is 9.40. The van der Waals surface area contributed by atoms with Crippen LogP contribution in [0.2, 0.25) is 0 Å². The molecule has 3 rings (SSSR count). The number of nitrogens with zero attached hydrogens (tertiary/aromatic N) is 5. The van der Waals surface area contributed by atoms with Gasteiger partial charge in [0.2, 0.25) is 5.91 Å². The Balaban J connectivity index is 1.95. The number of nitrogens with one attached hydrogen (secondary N) is 1. The first-order chi connectivity index (χ1) is 11.6. The predicted octanol–water partition coefficient (Wildman–Crippen LogP) is 0.245. The third-order valence-electron chi connectivity index (χ3n) is 4.33. The monoisotopic (exact) mass is 328 g/mol. The Kier molecular flexibility index (Phi) is 4.28. The molecule has 8 nitrogen and oxygen atoms in total. The summed E-state index contributed by atoms with van der Waals surface area (Å²) in [6.45, 7) is 2.51. The molecule has 2 aromatic rings. The van der Waals surface area contributed by atoms with Crippen LogP contribution in [0.4, 0.5) is 0 Å². The van der Waals surface area contributed by atoms with Crippen LogP contribution >= 0.6 is 0 Å². The van der Waals surface area contributed by atoms with Crippen molar-refractivity contribution < 1.29 is 9.59 Å². The zero-order valence-corrected chi connectivity index (χ0v) is 13.8. The Hall–Kier alpha value is -2.77. The summed E-state index contributed by atoms with van der Waals surface area (Å²) in [6, 6.07) is 0. The van der Waals surface area contributed by atoms with Crippen molar-refractivity contribution in [3.8, 4) is 0 Å². The molecule has 1 fully saturated rings. The highest BCUT2D eigenvalue weighted by Crippen LogP contribution is 2.38. The van der Waals surface area contributed by atoms with Gasteiger partial charge >= 0.3 is 0 Å². The molecule has 0 bridgehead atoms. The number of aryl methyl sites for hydroxylation is 1. The predicted molar refractivity (Wildman–Crippen MR) is 85.7 cm³/mol. The van der Waals surface area contributed by atoms with Crippen LogP contribution in [0.15, 0.2) is 31.0 Å². The fraction of sp³-hybridized carbons (Fsp3) is 0.438. The summed E-state index contributed by atoms with van der Waals surface area (Å²) in [7, 11) is 1.57. The minimum Gasteiger partial charge on any atom is -0.357 e. The number of carbonyl (C=O) groups excluding carboxylic acids is 2. The number of amides is 2. The number of rotatable bonds is 4. The first kappa shape index (κ1) is 16.1. The van der Waals surface area contributed by atoms with Crippen LogP contribution in [0.3, 0.4) is 0 Å². The van der Waals surface area contributed by atoms with E-state index >= 15 is 0 Å². The Morgan fingerprint density at radius 1 is 1.33 bits per heavy atom. The second-order valence-corrected chi connectivity index (χ2v) is 5.89. The van der Waals surface area contributed by atoms with Gasteiger partial charge in [0, 0.05) is 32.2 Å². The zero-order valence-electron chi connectivity index (χ0n) is 13.8. The third kappa shape index (κ3) is 2.64. The highest BCUT2D eigenvalue weighted by molar-refractivity contribution is 5.92. The molecule has 0 unspecified atom stereocenters. The van der Waals surface area contributed by atoms with Crippen molar-refractivity contribution in [2.75, 3.05) is 13.6 Å². The Morgan fingerprint density at radius 3 is 2.79 bits per heavy atom. The van der Waals surface area contributed by atoms with Crippen LogP contribution in [0.5, 0.6) is 0 Å². The lowest BCUT2D eigenvalue weighted by molar-refractivity contribution is -0.146. The lowest BCUT2D eigenvalue weighted by Gasteiger charge is -2.36. The summed E-state index contributed by atoms with van der Waals surface area (Å²) < 4.78 is 1.58. The maximum absolute atomic E-state index is 12.9. The van der Waals surface area contributed by atoms with E-state index in [-0.39, 0.29) is 18.4 Å². The van der Waals surface area contributed by atoms with E-state index in [9.17, 15) is 9.59 Å². The molecule has 2 amide bonds. The second-order valence-electron chi connectivity index (χ2n) is 5.89. The van der Waals surface area contributed by atoms with Crippen molar-refractivity contribution >= 4 is 11.8 Å². The maximum atomic E-state index is 12.9. The Morgan fingerprint density at radius 2 is 2.17 bits per heavy atom. The molecule has 1 aliphatic rings. The molecule has 0 saturated carbocycles. The molecule has 1 saturated heterocycles. The maximum Gasteiger partial charge on any atom is 0.252 e. The Labute approximate surface area is 139 Å². The van der Waals surface area contributed by atoms with Gasteiger partial charge in [-0.15, -0.1) is 0 Å². The SMILES string of the molecule is CNC(=O)[C@@]1(c2cnccn2)CCCN1C(=O)Cn1cc(C)cn1. The summed E-state index contributed by atoms with van der Waals surface area (Å²) in [5, 5.41) is 6.83. The Bertz CT molecular complexity index is 744. The molecule has 1 N–H and O–H groups in total. The zero-order chi connectivity index (χ0) is 17.2. The van der Waals surface area contributed by atoms with E-state index in [1.807, 2.05) is 6.92 Å². The molecular weight excluding hydrogens is 308 g/mol. The molecule has 0 aromatic carbocycles. The smallest absolute Gasteiger partial charge is 0.252 e. The van der Waals surface area contributed by atoms with Crippen molar-refractivity contribution in [3.63, 3.8) is 0 Å². The van der Waals surface area contributed by atoms with E-state index < -0.39 is 5.54 Å². The summed E-state index contributed by atoms with van der Waals surface area (Å²) in [4.78, 5) is 35.6. The molecular formula is C16H20N6O2. The van der Waals surface area contributed by atoms with Crippen molar-refractivity contribution in [3.05, 3.63) is 42.2 Å². The fourth-order valence-electron chi connectivity index (χ4n) is 3.27. The van der Waals surface area contributed by atoms with Crippen LogP contribution < -0.4 is 5.32 Å². The fourth-order valence-corrected chi connectivity index (χ4v) is 3.27. The molecule has 0 spiro atoms. The number of hydrogen-bond acceptors (Lipinski definition) is 5. The lowest BCUT2D eigenvalue weighted by Crippen LogP contribution is -2.55.